The van der Waals surface area contributed by atoms with E-state index in [9.17, 15) is 4.79 Å². The van der Waals surface area contributed by atoms with E-state index in [0.717, 1.165) is 16.9 Å². The first-order chi connectivity index (χ1) is 7.33. The fraction of sp³-hybridized carbons (Fsp3) is 0.0909. The van der Waals surface area contributed by atoms with Gasteiger partial charge >= 0.3 is 0 Å². The first-order valence-corrected chi connectivity index (χ1v) is 5.32. The molecule has 4 heteroatoms. The van der Waals surface area contributed by atoms with Crippen molar-refractivity contribution in [2.45, 2.75) is 6.61 Å². The van der Waals surface area contributed by atoms with Gasteiger partial charge < -0.3 is 5.11 Å². The summed E-state index contributed by atoms with van der Waals surface area (Å²) in [6, 6.07) is 7.21. The van der Waals surface area contributed by atoms with Crippen LogP contribution in [0.1, 0.15) is 16.1 Å². The van der Waals surface area contributed by atoms with Gasteiger partial charge in [-0.15, -0.1) is 11.3 Å². The van der Waals surface area contributed by atoms with Gasteiger partial charge in [-0.1, -0.05) is 24.3 Å². The fourth-order valence-electron chi connectivity index (χ4n) is 1.22. The minimum atomic E-state index is -0.0388. The van der Waals surface area contributed by atoms with E-state index in [-0.39, 0.29) is 6.61 Å². The Morgan fingerprint density at radius 1 is 1.33 bits per heavy atom. The van der Waals surface area contributed by atoms with Crippen molar-refractivity contribution >= 4 is 17.6 Å². The van der Waals surface area contributed by atoms with Crippen molar-refractivity contribution in [3.05, 3.63) is 40.9 Å². The van der Waals surface area contributed by atoms with E-state index in [1.807, 2.05) is 17.5 Å². The van der Waals surface area contributed by atoms with Crippen molar-refractivity contribution in [1.82, 2.24) is 4.98 Å². The lowest BCUT2D eigenvalue weighted by Gasteiger charge is -1.95. The third-order valence-corrected chi connectivity index (χ3v) is 2.95. The second kappa shape index (κ2) is 4.33. The highest BCUT2D eigenvalue weighted by molar-refractivity contribution is 7.13. The number of nitrogens with zero attached hydrogens (tertiary/aromatic N) is 1. The molecule has 0 unspecified atom stereocenters. The van der Waals surface area contributed by atoms with Gasteiger partial charge in [0, 0.05) is 16.5 Å². The predicted molar refractivity (Wildman–Crippen MR) is 58.9 cm³/mol. The molecule has 1 aromatic heterocycles. The molecule has 0 saturated carbocycles. The van der Waals surface area contributed by atoms with E-state index in [2.05, 4.69) is 4.98 Å². The zero-order valence-electron chi connectivity index (χ0n) is 7.88. The van der Waals surface area contributed by atoms with Crippen LogP contribution >= 0.6 is 11.3 Å². The standard InChI is InChI=1S/C11H9NO2S/c13-5-8-1-3-9(4-2-8)11-12-10(6-14)7-15-11/h1-5,7,14H,6H2. The largest absolute Gasteiger partial charge is 0.390 e. The summed E-state index contributed by atoms with van der Waals surface area (Å²) in [5.41, 5.74) is 2.29. The topological polar surface area (TPSA) is 50.2 Å². The predicted octanol–water partition coefficient (Wildman–Crippen LogP) is 2.11. The van der Waals surface area contributed by atoms with Crippen LogP contribution in [0.3, 0.4) is 0 Å². The van der Waals surface area contributed by atoms with Crippen LogP contribution < -0.4 is 0 Å². The number of aliphatic hydroxyl groups excluding tert-OH is 1. The summed E-state index contributed by atoms with van der Waals surface area (Å²) in [6.07, 6.45) is 0.810. The first kappa shape index (κ1) is 10.0. The van der Waals surface area contributed by atoms with E-state index >= 15 is 0 Å². The number of aldehydes is 1. The Balaban J connectivity index is 2.32. The molecule has 0 aliphatic rings. The lowest BCUT2D eigenvalue weighted by Crippen LogP contribution is -1.83. The van der Waals surface area contributed by atoms with Crippen LogP contribution in [0.5, 0.6) is 0 Å². The van der Waals surface area contributed by atoms with Gasteiger partial charge in [-0.3, -0.25) is 4.79 Å². The van der Waals surface area contributed by atoms with Crippen molar-refractivity contribution in [3.63, 3.8) is 0 Å². The minimum Gasteiger partial charge on any atom is -0.390 e. The van der Waals surface area contributed by atoms with Crippen LogP contribution in [0, 0.1) is 0 Å². The third-order valence-electron chi connectivity index (χ3n) is 2.01. The summed E-state index contributed by atoms with van der Waals surface area (Å²) >= 11 is 1.48. The average Bonchev–Trinajstić information content (AvgIpc) is 2.78. The molecule has 3 nitrogen and oxygen atoms in total. The van der Waals surface area contributed by atoms with Crippen molar-refractivity contribution in [2.75, 3.05) is 0 Å². The normalized spacial score (nSPS) is 10.2. The highest BCUT2D eigenvalue weighted by atomic mass is 32.1. The van der Waals surface area contributed by atoms with Gasteiger partial charge in [0.2, 0.25) is 0 Å². The molecule has 0 bridgehead atoms. The molecule has 1 aromatic carbocycles. The first-order valence-electron chi connectivity index (χ1n) is 4.44. The Morgan fingerprint density at radius 3 is 2.60 bits per heavy atom. The summed E-state index contributed by atoms with van der Waals surface area (Å²) < 4.78 is 0. The molecule has 0 aliphatic heterocycles. The average molecular weight is 219 g/mol. The van der Waals surface area contributed by atoms with Crippen molar-refractivity contribution in [1.29, 1.82) is 0 Å². The molecular formula is C11H9NO2S. The van der Waals surface area contributed by atoms with Crippen LogP contribution in [0.2, 0.25) is 0 Å². The Morgan fingerprint density at radius 2 is 2.07 bits per heavy atom. The number of aromatic nitrogens is 1. The van der Waals surface area contributed by atoms with Crippen LogP contribution in [0.15, 0.2) is 29.6 Å². The Bertz CT molecular complexity index is 462. The molecule has 0 spiro atoms. The van der Waals surface area contributed by atoms with Crippen LogP contribution in [-0.4, -0.2) is 16.4 Å². The number of carbonyl (C=O) groups is 1. The maximum absolute atomic E-state index is 10.5. The van der Waals surface area contributed by atoms with Gasteiger partial charge in [0.15, 0.2) is 0 Å². The Hall–Kier alpha value is -1.52. The molecule has 2 rings (SSSR count). The molecule has 0 radical (unpaired) electrons. The quantitative estimate of drug-likeness (QED) is 0.804. The highest BCUT2D eigenvalue weighted by Gasteiger charge is 2.03. The van der Waals surface area contributed by atoms with E-state index in [0.29, 0.717) is 11.3 Å². The Kier molecular flexibility index (Phi) is 2.89. The van der Waals surface area contributed by atoms with Gasteiger partial charge in [0.25, 0.3) is 0 Å². The lowest BCUT2D eigenvalue weighted by atomic mass is 10.1. The third kappa shape index (κ3) is 2.11. The highest BCUT2D eigenvalue weighted by Crippen LogP contribution is 2.23. The monoisotopic (exact) mass is 219 g/mol. The second-order valence-corrected chi connectivity index (χ2v) is 3.90. The number of thiazole rings is 1. The van der Waals surface area contributed by atoms with Crippen molar-refractivity contribution in [2.24, 2.45) is 0 Å². The molecule has 1 N–H and O–H groups in total. The molecule has 0 aliphatic carbocycles. The van der Waals surface area contributed by atoms with Crippen LogP contribution in [-0.2, 0) is 6.61 Å². The number of hydrogen-bond donors (Lipinski definition) is 1. The molecule has 2 aromatic rings. The van der Waals surface area contributed by atoms with Crippen LogP contribution in [0.25, 0.3) is 10.6 Å². The number of aliphatic hydroxyl groups is 1. The molecule has 0 amide bonds. The maximum atomic E-state index is 10.5. The van der Waals surface area contributed by atoms with E-state index in [4.69, 9.17) is 5.11 Å². The van der Waals surface area contributed by atoms with Gasteiger partial charge in [0.1, 0.15) is 11.3 Å². The van der Waals surface area contributed by atoms with Crippen molar-refractivity contribution < 1.29 is 9.90 Å². The summed E-state index contributed by atoms with van der Waals surface area (Å²) in [4.78, 5) is 14.7. The van der Waals surface area contributed by atoms with Crippen LogP contribution in [0.4, 0.5) is 0 Å². The van der Waals surface area contributed by atoms with E-state index in [1.165, 1.54) is 11.3 Å². The number of benzene rings is 1. The summed E-state index contributed by atoms with van der Waals surface area (Å²) in [6.45, 7) is -0.0388. The molecule has 76 valence electrons. The second-order valence-electron chi connectivity index (χ2n) is 3.04. The van der Waals surface area contributed by atoms with Gasteiger partial charge in [-0.25, -0.2) is 4.98 Å². The lowest BCUT2D eigenvalue weighted by molar-refractivity contribution is 0.112. The minimum absolute atomic E-state index is 0.0388. The number of hydrogen-bond acceptors (Lipinski definition) is 4. The van der Waals surface area contributed by atoms with Crippen molar-refractivity contribution in [3.8, 4) is 10.6 Å². The van der Waals surface area contributed by atoms with E-state index in [1.54, 1.807) is 12.1 Å². The molecule has 0 fully saturated rings. The zero-order valence-corrected chi connectivity index (χ0v) is 8.70. The summed E-state index contributed by atoms with van der Waals surface area (Å²) in [5, 5.41) is 11.6. The maximum Gasteiger partial charge on any atom is 0.150 e. The van der Waals surface area contributed by atoms with Gasteiger partial charge in [-0.05, 0) is 0 Å². The zero-order chi connectivity index (χ0) is 10.7. The Labute approximate surface area is 91.0 Å². The molecule has 0 saturated heterocycles. The summed E-state index contributed by atoms with van der Waals surface area (Å²) in [5.74, 6) is 0. The van der Waals surface area contributed by atoms with Gasteiger partial charge in [0.05, 0.1) is 12.3 Å². The van der Waals surface area contributed by atoms with Gasteiger partial charge in [-0.2, -0.15) is 0 Å². The molecule has 1 heterocycles. The van der Waals surface area contributed by atoms with E-state index < -0.39 is 0 Å². The fourth-order valence-corrected chi connectivity index (χ4v) is 2.03. The molecular weight excluding hydrogens is 210 g/mol. The number of rotatable bonds is 3. The smallest absolute Gasteiger partial charge is 0.150 e. The molecule has 15 heavy (non-hydrogen) atoms. The summed E-state index contributed by atoms with van der Waals surface area (Å²) in [7, 11) is 0. The molecule has 0 atom stereocenters. The number of carbonyl (C=O) groups excluding carboxylic acids is 1. The SMILES string of the molecule is O=Cc1ccc(-c2nc(CO)cs2)cc1.